The number of likely N-dealkylation sites (N-methyl/N-ethyl adjacent to an activating group) is 1. The zero-order valence-corrected chi connectivity index (χ0v) is 24.5. The van der Waals surface area contributed by atoms with Gasteiger partial charge in [-0.05, 0) is 44.4 Å². The fourth-order valence-corrected chi connectivity index (χ4v) is 6.94. The smallest absolute Gasteiger partial charge is 0.114 e. The van der Waals surface area contributed by atoms with Gasteiger partial charge >= 0.3 is 0 Å². The van der Waals surface area contributed by atoms with E-state index in [1.54, 1.807) is 0 Å². The monoisotopic (exact) mass is 553 g/mol. The number of nitrogens with zero attached hydrogens (tertiary/aromatic N) is 9. The minimum Gasteiger partial charge on any atom is -0.381 e. The molecule has 7 rings (SSSR count). The third-order valence-corrected chi connectivity index (χ3v) is 9.05. The number of benzene rings is 1. The van der Waals surface area contributed by atoms with Crippen LogP contribution in [0, 0.1) is 12.8 Å². The van der Waals surface area contributed by atoms with Gasteiger partial charge in [-0.2, -0.15) is 5.10 Å². The Labute approximate surface area is 240 Å². The van der Waals surface area contributed by atoms with Gasteiger partial charge in [0.1, 0.15) is 16.7 Å². The van der Waals surface area contributed by atoms with Gasteiger partial charge in [0.2, 0.25) is 0 Å². The van der Waals surface area contributed by atoms with Crippen molar-refractivity contribution in [3.8, 4) is 11.3 Å². The molecule has 5 aromatic rings. The Morgan fingerprint density at radius 2 is 1.71 bits per heavy atom. The zero-order valence-electron chi connectivity index (χ0n) is 24.5. The van der Waals surface area contributed by atoms with Crippen LogP contribution in [-0.2, 0) is 25.4 Å². The van der Waals surface area contributed by atoms with Crippen LogP contribution in [0.15, 0.2) is 42.6 Å². The lowest BCUT2D eigenvalue weighted by Gasteiger charge is -2.34. The van der Waals surface area contributed by atoms with Crippen LogP contribution in [0.2, 0.25) is 0 Å². The lowest BCUT2D eigenvalue weighted by Crippen LogP contribution is -2.44. The van der Waals surface area contributed by atoms with Crippen molar-refractivity contribution < 1.29 is 4.74 Å². The quantitative estimate of drug-likeness (QED) is 0.316. The largest absolute Gasteiger partial charge is 0.381 e. The molecule has 4 aromatic heterocycles. The third-order valence-electron chi connectivity index (χ3n) is 9.05. The normalized spacial score (nSPS) is 18.5. The van der Waals surface area contributed by atoms with E-state index in [0.29, 0.717) is 5.92 Å². The number of hydrogen-bond acceptors (Lipinski definition) is 7. The molecule has 2 aliphatic heterocycles. The van der Waals surface area contributed by atoms with Gasteiger partial charge in [-0.25, -0.2) is 4.68 Å². The minimum absolute atomic E-state index is 0.137. The highest BCUT2D eigenvalue weighted by Gasteiger charge is 2.33. The van der Waals surface area contributed by atoms with Crippen LogP contribution >= 0.6 is 0 Å². The van der Waals surface area contributed by atoms with Gasteiger partial charge in [-0.1, -0.05) is 35.5 Å². The maximum atomic E-state index is 5.84. The number of ether oxygens (including phenoxy) is 1. The summed E-state index contributed by atoms with van der Waals surface area (Å²) in [6.45, 7) is 8.68. The van der Waals surface area contributed by atoms with Crippen molar-refractivity contribution in [2.24, 2.45) is 20.0 Å². The lowest BCUT2D eigenvalue weighted by atomic mass is 9.86. The summed E-state index contributed by atoms with van der Waals surface area (Å²) in [7, 11) is 6.22. The van der Waals surface area contributed by atoms with Crippen LogP contribution in [0.1, 0.15) is 35.8 Å². The summed E-state index contributed by atoms with van der Waals surface area (Å²) < 4.78 is 12.3. The second-order valence-electron chi connectivity index (χ2n) is 11.8. The maximum absolute atomic E-state index is 5.84. The summed E-state index contributed by atoms with van der Waals surface area (Å²) in [5.74, 6) is 0.436. The first kappa shape index (κ1) is 26.3. The van der Waals surface area contributed by atoms with Crippen molar-refractivity contribution in [2.45, 2.75) is 32.4 Å². The predicted octanol–water partition coefficient (Wildman–Crippen LogP) is 3.79. The second kappa shape index (κ2) is 10.7. The predicted molar refractivity (Wildman–Crippen MR) is 160 cm³/mol. The van der Waals surface area contributed by atoms with Crippen molar-refractivity contribution in [1.82, 2.24) is 44.1 Å². The molecule has 1 atom stereocenters. The van der Waals surface area contributed by atoms with Crippen LogP contribution in [0.25, 0.3) is 33.3 Å². The SMILES string of the molecule is Cc1nnn(C)c1-c1cnc2c3c(c(CN4CCN(C)CC4)nn3C)n(C(c3ccccc3)C3CCOCC3)c2c1. The molecule has 6 heterocycles. The van der Waals surface area contributed by atoms with E-state index in [1.807, 2.05) is 24.9 Å². The zero-order chi connectivity index (χ0) is 28.1. The standard InChI is InChI=1S/C31H39N9O/c1-21-28(38(4)35-33-21)24-18-26-27(32-19-24)31-30(25(34-37(31)3)20-39-14-12-36(2)13-15-39)40(26)29(22-8-6-5-7-9-22)23-10-16-41-17-11-23/h5-9,18-19,23,29H,10-17,20H2,1-4H3. The van der Waals surface area contributed by atoms with E-state index in [1.165, 1.54) is 11.1 Å². The van der Waals surface area contributed by atoms with Gasteiger partial charge in [-0.3, -0.25) is 14.6 Å². The number of aromatic nitrogens is 7. The average Bonchev–Trinajstić information content (AvgIpc) is 3.62. The third kappa shape index (κ3) is 4.64. The fourth-order valence-electron chi connectivity index (χ4n) is 6.94. The highest BCUT2D eigenvalue weighted by atomic mass is 16.5. The molecule has 0 spiro atoms. The molecule has 2 aliphatic rings. The van der Waals surface area contributed by atoms with Crippen molar-refractivity contribution >= 4 is 22.1 Å². The molecule has 41 heavy (non-hydrogen) atoms. The number of piperazine rings is 1. The fraction of sp³-hybridized carbons (Fsp3) is 0.484. The van der Waals surface area contributed by atoms with Gasteiger partial charge in [-0.15, -0.1) is 5.10 Å². The number of pyridine rings is 1. The molecule has 0 aliphatic carbocycles. The Kier molecular flexibility index (Phi) is 6.84. The summed E-state index contributed by atoms with van der Waals surface area (Å²) in [4.78, 5) is 10.1. The average molecular weight is 554 g/mol. The number of fused-ring (bicyclic) bond motifs is 3. The maximum Gasteiger partial charge on any atom is 0.114 e. The second-order valence-corrected chi connectivity index (χ2v) is 11.8. The van der Waals surface area contributed by atoms with Crippen LogP contribution in [-0.4, -0.2) is 90.6 Å². The Balaban J connectivity index is 1.49. The van der Waals surface area contributed by atoms with Gasteiger partial charge in [0.05, 0.1) is 28.5 Å². The van der Waals surface area contributed by atoms with E-state index in [9.17, 15) is 0 Å². The Bertz CT molecular complexity index is 1650. The van der Waals surface area contributed by atoms with E-state index < -0.39 is 0 Å². The summed E-state index contributed by atoms with van der Waals surface area (Å²) in [5.41, 5.74) is 9.78. The first-order valence-corrected chi connectivity index (χ1v) is 14.8. The Hall–Kier alpha value is -3.60. The van der Waals surface area contributed by atoms with Crippen LogP contribution in [0.3, 0.4) is 0 Å². The molecule has 0 bridgehead atoms. The van der Waals surface area contributed by atoms with E-state index in [0.717, 1.165) is 98.0 Å². The molecular weight excluding hydrogens is 514 g/mol. The van der Waals surface area contributed by atoms with Crippen LogP contribution in [0.4, 0.5) is 0 Å². The van der Waals surface area contributed by atoms with Crippen LogP contribution < -0.4 is 0 Å². The van der Waals surface area contributed by atoms with Crippen LogP contribution in [0.5, 0.6) is 0 Å². The summed E-state index contributed by atoms with van der Waals surface area (Å²) in [6, 6.07) is 13.4. The molecule has 0 radical (unpaired) electrons. The molecule has 0 N–H and O–H groups in total. The van der Waals surface area contributed by atoms with Crippen molar-refractivity contribution in [1.29, 1.82) is 0 Å². The van der Waals surface area contributed by atoms with Gasteiger partial charge < -0.3 is 14.2 Å². The lowest BCUT2D eigenvalue weighted by molar-refractivity contribution is 0.0552. The Morgan fingerprint density at radius 1 is 0.951 bits per heavy atom. The van der Waals surface area contributed by atoms with Crippen molar-refractivity contribution in [3.63, 3.8) is 0 Å². The van der Waals surface area contributed by atoms with Gasteiger partial charge in [0.25, 0.3) is 0 Å². The van der Waals surface area contributed by atoms with E-state index in [2.05, 4.69) is 79.9 Å². The first-order valence-electron chi connectivity index (χ1n) is 14.8. The summed E-state index contributed by atoms with van der Waals surface area (Å²) in [5, 5.41) is 13.7. The van der Waals surface area contributed by atoms with Gasteiger partial charge in [0.15, 0.2) is 0 Å². The molecule has 2 fully saturated rings. The molecule has 1 unspecified atom stereocenters. The molecule has 0 saturated carbocycles. The van der Waals surface area contributed by atoms with E-state index in [4.69, 9.17) is 14.8 Å². The van der Waals surface area contributed by atoms with Crippen molar-refractivity contribution in [2.75, 3.05) is 46.4 Å². The number of aryl methyl sites for hydroxylation is 3. The molecular formula is C31H39N9O. The molecule has 10 nitrogen and oxygen atoms in total. The molecule has 2 saturated heterocycles. The highest BCUT2D eigenvalue weighted by molar-refractivity contribution is 6.06. The number of hydrogen-bond donors (Lipinski definition) is 0. The Morgan fingerprint density at radius 3 is 2.41 bits per heavy atom. The van der Waals surface area contributed by atoms with E-state index >= 15 is 0 Å². The van der Waals surface area contributed by atoms with Crippen molar-refractivity contribution in [3.05, 3.63) is 59.5 Å². The number of rotatable bonds is 6. The van der Waals surface area contributed by atoms with Gasteiger partial charge in [0, 0.05) is 71.8 Å². The van der Waals surface area contributed by atoms with E-state index in [-0.39, 0.29) is 6.04 Å². The first-order chi connectivity index (χ1) is 20.0. The highest BCUT2D eigenvalue weighted by Crippen LogP contribution is 2.42. The minimum atomic E-state index is 0.137. The molecule has 10 heteroatoms. The molecule has 0 amide bonds. The molecule has 1 aromatic carbocycles. The molecule has 214 valence electrons. The summed E-state index contributed by atoms with van der Waals surface area (Å²) >= 11 is 0. The topological polar surface area (TPSA) is 82.1 Å². The summed E-state index contributed by atoms with van der Waals surface area (Å²) in [6.07, 6.45) is 4.01.